The van der Waals surface area contributed by atoms with Gasteiger partial charge in [0.1, 0.15) is 77.4 Å². The van der Waals surface area contributed by atoms with Crippen molar-refractivity contribution in [1.82, 2.24) is 0 Å². The Morgan fingerprint density at radius 3 is 1.93 bits per heavy atom. The van der Waals surface area contributed by atoms with Crippen molar-refractivity contribution < 1.29 is 79.9 Å². The highest BCUT2D eigenvalue weighted by Gasteiger charge is 2.47. The van der Waals surface area contributed by atoms with Gasteiger partial charge in [-0.25, -0.2) is 0 Å². The fraction of sp³-hybridized carbons (Fsp3) is 0.444. The third-order valence-electron chi connectivity index (χ3n) is 7.63. The molecule has 240 valence electrons. The minimum atomic E-state index is -2.00. The van der Waals surface area contributed by atoms with Gasteiger partial charge >= 0.3 is 0 Å². The van der Waals surface area contributed by atoms with E-state index in [1.165, 1.54) is 6.07 Å². The summed E-state index contributed by atoms with van der Waals surface area (Å²) in [5, 5.41) is 122. The van der Waals surface area contributed by atoms with E-state index in [4.69, 9.17) is 18.6 Å². The number of aliphatic hydroxyl groups excluding tert-OH is 8. The number of aromatic hydroxyl groups is 4. The first kappa shape index (κ1) is 31.7. The van der Waals surface area contributed by atoms with E-state index in [0.717, 1.165) is 18.2 Å². The highest BCUT2D eigenvalue weighted by molar-refractivity contribution is 5.90. The van der Waals surface area contributed by atoms with Crippen LogP contribution in [0.15, 0.2) is 33.5 Å². The maximum absolute atomic E-state index is 14.0. The summed E-state index contributed by atoms with van der Waals surface area (Å²) in [6, 6.07) is 4.02. The van der Waals surface area contributed by atoms with E-state index in [-0.39, 0.29) is 5.56 Å². The summed E-state index contributed by atoms with van der Waals surface area (Å²) in [5.74, 6) is -4.40. The molecule has 3 heterocycles. The van der Waals surface area contributed by atoms with Crippen LogP contribution >= 0.6 is 0 Å². The minimum absolute atomic E-state index is 0.115. The van der Waals surface area contributed by atoms with E-state index in [1.807, 2.05) is 0 Å². The molecule has 0 unspecified atom stereocenters. The molecule has 0 spiro atoms. The summed E-state index contributed by atoms with van der Waals surface area (Å²) in [6.07, 6.45) is -18.0. The van der Waals surface area contributed by atoms with Crippen LogP contribution in [0.4, 0.5) is 0 Å². The minimum Gasteiger partial charge on any atom is -0.507 e. The zero-order valence-corrected chi connectivity index (χ0v) is 22.4. The quantitative estimate of drug-likeness (QED) is 0.121. The van der Waals surface area contributed by atoms with Crippen LogP contribution in [0.1, 0.15) is 11.7 Å². The van der Waals surface area contributed by atoms with Crippen molar-refractivity contribution in [2.45, 2.75) is 61.2 Å². The predicted octanol–water partition coefficient (Wildman–Crippen LogP) is -3.02. The second-order valence-electron chi connectivity index (χ2n) is 10.4. The Hall–Kier alpha value is -3.75. The van der Waals surface area contributed by atoms with Crippen LogP contribution < -0.4 is 10.2 Å². The van der Waals surface area contributed by atoms with E-state index in [2.05, 4.69) is 0 Å². The number of benzene rings is 2. The molecule has 5 rings (SSSR count). The average Bonchev–Trinajstić information content (AvgIpc) is 2.99. The van der Waals surface area contributed by atoms with Crippen LogP contribution in [0.25, 0.3) is 22.3 Å². The molecule has 10 atom stereocenters. The molecule has 17 nitrogen and oxygen atoms in total. The van der Waals surface area contributed by atoms with Gasteiger partial charge in [-0.05, 0) is 18.2 Å². The van der Waals surface area contributed by atoms with Crippen molar-refractivity contribution in [3.63, 3.8) is 0 Å². The Bertz CT molecular complexity index is 1590. The monoisotopic (exact) mass is 626 g/mol. The number of phenolic OH excluding ortho intramolecular Hbond substituents is 4. The van der Waals surface area contributed by atoms with Crippen LogP contribution in [0.5, 0.6) is 28.7 Å². The van der Waals surface area contributed by atoms with E-state index in [0.29, 0.717) is 0 Å². The van der Waals surface area contributed by atoms with Gasteiger partial charge in [-0.1, -0.05) is 0 Å². The Labute approximate surface area is 245 Å². The second kappa shape index (κ2) is 12.0. The van der Waals surface area contributed by atoms with Gasteiger partial charge in [0.15, 0.2) is 17.3 Å². The second-order valence-corrected chi connectivity index (χ2v) is 10.4. The van der Waals surface area contributed by atoms with Crippen molar-refractivity contribution >= 4 is 11.0 Å². The van der Waals surface area contributed by atoms with Crippen molar-refractivity contribution in [1.29, 1.82) is 0 Å². The summed E-state index contributed by atoms with van der Waals surface area (Å²) in [7, 11) is 0. The first-order chi connectivity index (χ1) is 20.8. The molecule has 17 heteroatoms. The Balaban J connectivity index is 1.71. The lowest BCUT2D eigenvalue weighted by Gasteiger charge is -2.40. The highest BCUT2D eigenvalue weighted by Crippen LogP contribution is 2.46. The number of rotatable bonds is 6. The largest absolute Gasteiger partial charge is 0.507 e. The van der Waals surface area contributed by atoms with Gasteiger partial charge in [-0.15, -0.1) is 0 Å². The van der Waals surface area contributed by atoms with E-state index in [1.54, 1.807) is 0 Å². The van der Waals surface area contributed by atoms with Gasteiger partial charge in [-0.3, -0.25) is 4.79 Å². The van der Waals surface area contributed by atoms with Crippen molar-refractivity contribution in [3.05, 3.63) is 40.1 Å². The maximum Gasteiger partial charge on any atom is 0.239 e. The van der Waals surface area contributed by atoms with Gasteiger partial charge in [0.25, 0.3) is 0 Å². The van der Waals surface area contributed by atoms with Crippen LogP contribution in [0, 0.1) is 0 Å². The maximum atomic E-state index is 14.0. The first-order valence-electron chi connectivity index (χ1n) is 13.2. The summed E-state index contributed by atoms with van der Waals surface area (Å²) < 4.78 is 22.1. The van der Waals surface area contributed by atoms with Crippen molar-refractivity contribution in [3.8, 4) is 40.1 Å². The Morgan fingerprint density at radius 2 is 1.32 bits per heavy atom. The molecule has 2 fully saturated rings. The molecule has 0 bridgehead atoms. The summed E-state index contributed by atoms with van der Waals surface area (Å²) in [5.41, 5.74) is -2.47. The molecule has 0 amide bonds. The van der Waals surface area contributed by atoms with Gasteiger partial charge < -0.3 is 79.9 Å². The van der Waals surface area contributed by atoms with Crippen LogP contribution in [0.3, 0.4) is 0 Å². The number of ether oxygens (including phenoxy) is 3. The normalized spacial score (nSPS) is 32.5. The van der Waals surface area contributed by atoms with Crippen LogP contribution in [0.2, 0.25) is 0 Å². The standard InChI is InChI=1S/C27H30O17/c28-5-12-16(33)20(37)22(39)25(42-12)14-10(32)4-11-15(18(14)35)19(36)26(24(41-11)7-1-2-8(30)9(31)3-7)44-27-23(40)21(38)17(34)13(6-29)43-27/h1-4,12-13,16-17,20-23,25,27-35,37-40H,5-6H2/t12-,13-,16-,17-,20+,21+,22-,23-,25+,27+/m1/s1. The Kier molecular flexibility index (Phi) is 8.62. The zero-order chi connectivity index (χ0) is 32.2. The SMILES string of the molecule is O=c1c(O[C@@H]2O[C@H](CO)[C@@H](O)[C@H](O)[C@H]2O)c(-c2ccc(O)c(O)c2)oc2cc(O)c([C@@H]3O[C@H](CO)[C@@H](O)[C@H](O)[C@H]3O)c(O)c12. The molecule has 2 saturated heterocycles. The molecular formula is C27H30O17. The molecule has 0 radical (unpaired) electrons. The van der Waals surface area contributed by atoms with Crippen molar-refractivity contribution in [2.24, 2.45) is 0 Å². The predicted molar refractivity (Wildman–Crippen MR) is 142 cm³/mol. The van der Waals surface area contributed by atoms with Crippen LogP contribution in [-0.4, -0.2) is 130 Å². The highest BCUT2D eigenvalue weighted by atomic mass is 16.7. The topological polar surface area (TPSA) is 301 Å². The molecule has 2 aromatic carbocycles. The Morgan fingerprint density at radius 1 is 0.705 bits per heavy atom. The smallest absolute Gasteiger partial charge is 0.239 e. The van der Waals surface area contributed by atoms with Gasteiger partial charge in [0.2, 0.25) is 17.5 Å². The third kappa shape index (κ3) is 5.18. The molecule has 12 N–H and O–H groups in total. The number of aliphatic hydroxyl groups is 8. The lowest BCUT2D eigenvalue weighted by atomic mass is 9.89. The lowest BCUT2D eigenvalue weighted by molar-refractivity contribution is -0.277. The zero-order valence-electron chi connectivity index (χ0n) is 22.4. The average molecular weight is 627 g/mol. The van der Waals surface area contributed by atoms with E-state index < -0.39 is 131 Å². The lowest BCUT2D eigenvalue weighted by Crippen LogP contribution is -2.60. The molecule has 0 aliphatic carbocycles. The van der Waals surface area contributed by atoms with Gasteiger partial charge in [0, 0.05) is 11.6 Å². The van der Waals surface area contributed by atoms with E-state index in [9.17, 15) is 66.1 Å². The van der Waals surface area contributed by atoms with E-state index >= 15 is 0 Å². The van der Waals surface area contributed by atoms with Gasteiger partial charge in [-0.2, -0.15) is 0 Å². The van der Waals surface area contributed by atoms with Gasteiger partial charge in [0.05, 0.1) is 18.8 Å². The summed E-state index contributed by atoms with van der Waals surface area (Å²) >= 11 is 0. The van der Waals surface area contributed by atoms with Crippen molar-refractivity contribution in [2.75, 3.05) is 13.2 Å². The number of hydrogen-bond acceptors (Lipinski definition) is 17. The molecule has 1 aromatic heterocycles. The molecule has 44 heavy (non-hydrogen) atoms. The van der Waals surface area contributed by atoms with Crippen LogP contribution in [-0.2, 0) is 9.47 Å². The molecule has 0 saturated carbocycles. The molecule has 3 aromatic rings. The molecule has 2 aliphatic rings. The first-order valence-corrected chi connectivity index (χ1v) is 13.2. The molecule has 2 aliphatic heterocycles. The number of phenols is 4. The number of fused-ring (bicyclic) bond motifs is 1. The molecular weight excluding hydrogens is 596 g/mol. The summed E-state index contributed by atoms with van der Waals surface area (Å²) in [6.45, 7) is -1.67. The fourth-order valence-corrected chi connectivity index (χ4v) is 5.18. The fourth-order valence-electron chi connectivity index (χ4n) is 5.18. The third-order valence-corrected chi connectivity index (χ3v) is 7.63. The summed E-state index contributed by atoms with van der Waals surface area (Å²) in [4.78, 5) is 14.0. The number of hydrogen-bond donors (Lipinski definition) is 12.